The highest BCUT2D eigenvalue weighted by Gasteiger charge is 2.32. The molecule has 0 atom stereocenters. The van der Waals surface area contributed by atoms with E-state index in [1.54, 1.807) is 7.11 Å². The molecule has 3 heterocycles. The summed E-state index contributed by atoms with van der Waals surface area (Å²) in [5, 5.41) is 0. The van der Waals surface area contributed by atoms with E-state index in [2.05, 4.69) is 24.7 Å². The van der Waals surface area contributed by atoms with Gasteiger partial charge in [-0.1, -0.05) is 12.8 Å². The molecule has 7 heteroatoms. The van der Waals surface area contributed by atoms with Crippen LogP contribution in [0, 0.1) is 0 Å². The maximum absolute atomic E-state index is 5.35. The van der Waals surface area contributed by atoms with Gasteiger partial charge in [-0.05, 0) is 25.7 Å². The summed E-state index contributed by atoms with van der Waals surface area (Å²) in [7, 11) is 1.64. The Balaban J connectivity index is 1.50. The molecule has 1 aromatic rings. The number of nitrogens with zero attached hydrogens (tertiary/aromatic N) is 6. The van der Waals surface area contributed by atoms with E-state index in [1.807, 2.05) is 0 Å². The van der Waals surface area contributed by atoms with Gasteiger partial charge in [-0.25, -0.2) is 0 Å². The lowest BCUT2D eigenvalue weighted by molar-refractivity contribution is 0.246. The van der Waals surface area contributed by atoms with Gasteiger partial charge in [0.05, 0.1) is 7.11 Å². The first-order valence-electron chi connectivity index (χ1n) is 9.37. The highest BCUT2D eigenvalue weighted by molar-refractivity contribution is 5.41. The Kier molecular flexibility index (Phi) is 4.69. The van der Waals surface area contributed by atoms with Crippen LogP contribution in [0.15, 0.2) is 0 Å². The topological polar surface area (TPSA) is 57.6 Å². The Bertz CT molecular complexity index is 548. The predicted molar refractivity (Wildman–Crippen MR) is 93.9 cm³/mol. The number of rotatable bonds is 4. The maximum atomic E-state index is 5.35. The summed E-state index contributed by atoms with van der Waals surface area (Å²) < 4.78 is 5.35. The van der Waals surface area contributed by atoms with Crippen LogP contribution in [-0.2, 0) is 0 Å². The Morgan fingerprint density at radius 3 is 1.88 bits per heavy atom. The van der Waals surface area contributed by atoms with Crippen LogP contribution < -0.4 is 14.5 Å². The number of hydrogen-bond donors (Lipinski definition) is 0. The van der Waals surface area contributed by atoms with Crippen molar-refractivity contribution in [2.45, 2.75) is 44.6 Å². The Hall–Kier alpha value is -1.63. The van der Waals surface area contributed by atoms with E-state index in [4.69, 9.17) is 9.72 Å². The van der Waals surface area contributed by atoms with Crippen molar-refractivity contribution in [1.29, 1.82) is 0 Å². The minimum atomic E-state index is 0.434. The third-order valence-corrected chi connectivity index (χ3v) is 5.32. The molecular weight excluding hydrogens is 304 g/mol. The number of anilines is 2. The second kappa shape index (κ2) is 7.09. The summed E-state index contributed by atoms with van der Waals surface area (Å²) in [6, 6.07) is 1.27. The lowest BCUT2D eigenvalue weighted by Crippen LogP contribution is -2.48. The average molecular weight is 332 g/mol. The molecule has 0 bridgehead atoms. The molecule has 0 spiro atoms. The van der Waals surface area contributed by atoms with Gasteiger partial charge in [0.15, 0.2) is 0 Å². The average Bonchev–Trinajstić information content (AvgIpc) is 3.48. The van der Waals surface area contributed by atoms with Crippen molar-refractivity contribution in [1.82, 2.24) is 19.9 Å². The van der Waals surface area contributed by atoms with Crippen molar-refractivity contribution in [3.8, 4) is 6.01 Å². The minimum Gasteiger partial charge on any atom is -0.467 e. The van der Waals surface area contributed by atoms with Crippen LogP contribution in [0.5, 0.6) is 6.01 Å². The number of aromatic nitrogens is 3. The summed E-state index contributed by atoms with van der Waals surface area (Å²) in [5.41, 5.74) is 0. The van der Waals surface area contributed by atoms with Gasteiger partial charge in [-0.3, -0.25) is 4.90 Å². The number of ether oxygens (including phenoxy) is 1. The van der Waals surface area contributed by atoms with Gasteiger partial charge < -0.3 is 14.5 Å². The minimum absolute atomic E-state index is 0.434. The molecule has 24 heavy (non-hydrogen) atoms. The molecule has 0 unspecified atom stereocenters. The summed E-state index contributed by atoms with van der Waals surface area (Å²) in [4.78, 5) is 21.0. The van der Waals surface area contributed by atoms with Crippen LogP contribution in [0.3, 0.4) is 0 Å². The van der Waals surface area contributed by atoms with Gasteiger partial charge in [0.1, 0.15) is 0 Å². The highest BCUT2D eigenvalue weighted by Crippen LogP contribution is 2.28. The van der Waals surface area contributed by atoms with Crippen LogP contribution in [0.2, 0.25) is 0 Å². The zero-order chi connectivity index (χ0) is 16.4. The SMILES string of the molecule is COc1nc(N2CCCCCC2)nc(N2CCN(C3CC3)CC2)n1. The normalized spacial score (nSPS) is 23.2. The largest absolute Gasteiger partial charge is 0.467 e. The van der Waals surface area contributed by atoms with Crippen molar-refractivity contribution in [3.63, 3.8) is 0 Å². The van der Waals surface area contributed by atoms with Gasteiger partial charge in [0.25, 0.3) is 0 Å². The van der Waals surface area contributed by atoms with Gasteiger partial charge in [-0.2, -0.15) is 15.0 Å². The Morgan fingerprint density at radius 1 is 0.750 bits per heavy atom. The van der Waals surface area contributed by atoms with E-state index in [9.17, 15) is 0 Å². The molecule has 1 aromatic heterocycles. The molecule has 1 saturated carbocycles. The van der Waals surface area contributed by atoms with Crippen molar-refractivity contribution >= 4 is 11.9 Å². The zero-order valence-corrected chi connectivity index (χ0v) is 14.7. The molecule has 2 aliphatic heterocycles. The van der Waals surface area contributed by atoms with Crippen LogP contribution in [-0.4, -0.2) is 72.3 Å². The number of piperazine rings is 1. The molecular formula is C17H28N6O. The molecule has 7 nitrogen and oxygen atoms in total. The molecule has 0 amide bonds. The lowest BCUT2D eigenvalue weighted by Gasteiger charge is -2.35. The van der Waals surface area contributed by atoms with E-state index in [0.717, 1.165) is 57.2 Å². The van der Waals surface area contributed by atoms with Gasteiger partial charge >= 0.3 is 6.01 Å². The summed E-state index contributed by atoms with van der Waals surface area (Å²) >= 11 is 0. The van der Waals surface area contributed by atoms with Crippen molar-refractivity contribution < 1.29 is 4.74 Å². The predicted octanol–water partition coefficient (Wildman–Crippen LogP) is 1.54. The molecule has 1 aliphatic carbocycles. The van der Waals surface area contributed by atoms with Crippen LogP contribution in [0.25, 0.3) is 0 Å². The Morgan fingerprint density at radius 2 is 1.33 bits per heavy atom. The van der Waals surface area contributed by atoms with E-state index < -0.39 is 0 Å². The summed E-state index contributed by atoms with van der Waals surface area (Å²) in [6.07, 6.45) is 7.77. The van der Waals surface area contributed by atoms with Gasteiger partial charge in [-0.15, -0.1) is 0 Å². The lowest BCUT2D eigenvalue weighted by atomic mass is 10.2. The van der Waals surface area contributed by atoms with Crippen molar-refractivity contribution in [3.05, 3.63) is 0 Å². The second-order valence-electron chi connectivity index (χ2n) is 7.08. The van der Waals surface area contributed by atoms with Gasteiger partial charge in [0.2, 0.25) is 11.9 Å². The van der Waals surface area contributed by atoms with Crippen molar-refractivity contribution in [2.75, 3.05) is 56.2 Å². The first-order valence-corrected chi connectivity index (χ1v) is 9.37. The molecule has 132 valence electrons. The van der Waals surface area contributed by atoms with Crippen LogP contribution in [0.1, 0.15) is 38.5 Å². The first kappa shape index (κ1) is 15.9. The van der Waals surface area contributed by atoms with E-state index in [0.29, 0.717) is 6.01 Å². The fourth-order valence-corrected chi connectivity index (χ4v) is 3.71. The second-order valence-corrected chi connectivity index (χ2v) is 7.08. The molecule has 4 rings (SSSR count). The number of methoxy groups -OCH3 is 1. The third kappa shape index (κ3) is 3.55. The first-order chi connectivity index (χ1) is 11.8. The smallest absolute Gasteiger partial charge is 0.322 e. The summed E-state index contributed by atoms with van der Waals surface area (Å²) in [5.74, 6) is 1.56. The van der Waals surface area contributed by atoms with Crippen LogP contribution in [0.4, 0.5) is 11.9 Å². The fraction of sp³-hybridized carbons (Fsp3) is 0.824. The van der Waals surface area contributed by atoms with Gasteiger partial charge in [0, 0.05) is 45.3 Å². The fourth-order valence-electron chi connectivity index (χ4n) is 3.71. The standard InChI is InChI=1S/C17H28N6O/c1-24-17-19-15(22-8-4-2-3-5-9-22)18-16(20-17)23-12-10-21(11-13-23)14-6-7-14/h14H,2-13H2,1H3. The monoisotopic (exact) mass is 332 g/mol. The molecule has 0 radical (unpaired) electrons. The van der Waals surface area contributed by atoms with Crippen LogP contribution >= 0.6 is 0 Å². The highest BCUT2D eigenvalue weighted by atomic mass is 16.5. The molecule has 0 aromatic carbocycles. The molecule has 0 N–H and O–H groups in total. The molecule has 3 aliphatic rings. The van der Waals surface area contributed by atoms with E-state index >= 15 is 0 Å². The quantitative estimate of drug-likeness (QED) is 0.829. The van der Waals surface area contributed by atoms with E-state index in [1.165, 1.54) is 38.5 Å². The van der Waals surface area contributed by atoms with Crippen molar-refractivity contribution in [2.24, 2.45) is 0 Å². The number of hydrogen-bond acceptors (Lipinski definition) is 7. The Labute approximate surface area is 144 Å². The molecule has 3 fully saturated rings. The zero-order valence-electron chi connectivity index (χ0n) is 14.7. The third-order valence-electron chi connectivity index (χ3n) is 5.32. The summed E-state index contributed by atoms with van der Waals surface area (Å²) in [6.45, 7) is 6.26. The van der Waals surface area contributed by atoms with E-state index in [-0.39, 0.29) is 0 Å². The molecule has 2 saturated heterocycles. The maximum Gasteiger partial charge on any atom is 0.322 e.